The van der Waals surface area contributed by atoms with Crippen molar-refractivity contribution >= 4 is 28.8 Å². The van der Waals surface area contributed by atoms with Crippen molar-refractivity contribution in [2.75, 3.05) is 12.4 Å². The fourth-order valence-corrected chi connectivity index (χ4v) is 1.96. The molecule has 2 rings (SSSR count). The van der Waals surface area contributed by atoms with Gasteiger partial charge in [0.1, 0.15) is 16.7 Å². The molecule has 0 bridgehead atoms. The lowest BCUT2D eigenvalue weighted by Crippen LogP contribution is -1.97. The maximum absolute atomic E-state index is 10.8. The number of ether oxygens (including phenoxy) is 1. The standard InChI is InChI=1S/C13H12ClN3O3/c1-8-5-9(3-4-11(8)20-2)15-13-7-10(17(18)19)6-12(14)16-13/h3-7H,1-2H3,(H,15,16). The molecule has 2 aromatic rings. The Kier molecular flexibility index (Phi) is 4.05. The van der Waals surface area contributed by atoms with Gasteiger partial charge in [-0.05, 0) is 30.7 Å². The summed E-state index contributed by atoms with van der Waals surface area (Å²) in [7, 11) is 1.59. The zero-order valence-electron chi connectivity index (χ0n) is 10.9. The van der Waals surface area contributed by atoms with Crippen LogP contribution in [0.3, 0.4) is 0 Å². The minimum Gasteiger partial charge on any atom is -0.496 e. The molecule has 0 spiro atoms. The van der Waals surface area contributed by atoms with Gasteiger partial charge in [0, 0.05) is 5.69 Å². The van der Waals surface area contributed by atoms with Crippen molar-refractivity contribution < 1.29 is 9.66 Å². The Morgan fingerprint density at radius 1 is 1.35 bits per heavy atom. The summed E-state index contributed by atoms with van der Waals surface area (Å²) in [5.74, 6) is 1.08. The number of hydrogen-bond acceptors (Lipinski definition) is 5. The number of aryl methyl sites for hydroxylation is 1. The summed E-state index contributed by atoms with van der Waals surface area (Å²) < 4.78 is 5.17. The number of nitro groups is 1. The van der Waals surface area contributed by atoms with E-state index >= 15 is 0 Å². The maximum Gasteiger partial charge on any atom is 0.276 e. The minimum atomic E-state index is -0.516. The average molecular weight is 294 g/mol. The van der Waals surface area contributed by atoms with Gasteiger partial charge in [0.25, 0.3) is 5.69 Å². The molecule has 0 saturated carbocycles. The molecule has 0 aliphatic carbocycles. The molecule has 1 N–H and O–H groups in total. The highest BCUT2D eigenvalue weighted by atomic mass is 35.5. The van der Waals surface area contributed by atoms with Gasteiger partial charge in [-0.1, -0.05) is 11.6 Å². The summed E-state index contributed by atoms with van der Waals surface area (Å²) in [6.45, 7) is 1.90. The molecule has 0 aliphatic rings. The summed E-state index contributed by atoms with van der Waals surface area (Å²) in [5.41, 5.74) is 1.57. The summed E-state index contributed by atoms with van der Waals surface area (Å²) in [4.78, 5) is 14.3. The monoisotopic (exact) mass is 293 g/mol. The summed E-state index contributed by atoms with van der Waals surface area (Å²) in [5, 5.41) is 13.8. The van der Waals surface area contributed by atoms with E-state index < -0.39 is 4.92 Å². The van der Waals surface area contributed by atoms with Crippen LogP contribution in [0.4, 0.5) is 17.2 Å². The first-order valence-corrected chi connectivity index (χ1v) is 6.11. The van der Waals surface area contributed by atoms with Crippen LogP contribution in [0, 0.1) is 17.0 Å². The predicted octanol–water partition coefficient (Wildman–Crippen LogP) is 3.70. The molecule has 0 atom stereocenters. The van der Waals surface area contributed by atoms with Crippen LogP contribution in [-0.2, 0) is 0 Å². The highest BCUT2D eigenvalue weighted by Gasteiger charge is 2.10. The Bertz CT molecular complexity index is 661. The van der Waals surface area contributed by atoms with E-state index in [1.54, 1.807) is 19.2 Å². The molecule has 20 heavy (non-hydrogen) atoms. The SMILES string of the molecule is COc1ccc(Nc2cc([N+](=O)[O-])cc(Cl)n2)cc1C. The maximum atomic E-state index is 10.8. The summed E-state index contributed by atoms with van der Waals surface area (Å²) in [6.07, 6.45) is 0. The second-order valence-electron chi connectivity index (χ2n) is 4.10. The molecular weight excluding hydrogens is 282 g/mol. The third-order valence-corrected chi connectivity index (χ3v) is 2.85. The number of anilines is 2. The van der Waals surface area contributed by atoms with Gasteiger partial charge < -0.3 is 10.1 Å². The lowest BCUT2D eigenvalue weighted by Gasteiger charge is -2.09. The molecule has 1 heterocycles. The lowest BCUT2D eigenvalue weighted by atomic mass is 10.2. The smallest absolute Gasteiger partial charge is 0.276 e. The zero-order chi connectivity index (χ0) is 14.7. The molecule has 7 heteroatoms. The Morgan fingerprint density at radius 2 is 2.10 bits per heavy atom. The number of pyridine rings is 1. The van der Waals surface area contributed by atoms with Gasteiger partial charge in [-0.15, -0.1) is 0 Å². The molecule has 0 unspecified atom stereocenters. The van der Waals surface area contributed by atoms with Crippen molar-refractivity contribution in [3.05, 3.63) is 51.2 Å². The molecule has 1 aromatic carbocycles. The van der Waals surface area contributed by atoms with Gasteiger partial charge in [0.2, 0.25) is 0 Å². The number of halogens is 1. The number of hydrogen-bond donors (Lipinski definition) is 1. The number of aromatic nitrogens is 1. The molecule has 0 saturated heterocycles. The highest BCUT2D eigenvalue weighted by Crippen LogP contribution is 2.26. The van der Waals surface area contributed by atoms with Gasteiger partial charge >= 0.3 is 0 Å². The fraction of sp³-hybridized carbons (Fsp3) is 0.154. The number of nitrogens with zero attached hydrogens (tertiary/aromatic N) is 2. The first-order chi connectivity index (χ1) is 9.49. The summed E-state index contributed by atoms with van der Waals surface area (Å²) >= 11 is 5.76. The normalized spacial score (nSPS) is 10.2. The van der Waals surface area contributed by atoms with E-state index in [4.69, 9.17) is 16.3 Å². The van der Waals surface area contributed by atoms with Crippen molar-refractivity contribution in [3.8, 4) is 5.75 Å². The van der Waals surface area contributed by atoms with E-state index in [0.717, 1.165) is 17.0 Å². The molecule has 0 fully saturated rings. The molecule has 0 amide bonds. The van der Waals surface area contributed by atoms with Crippen molar-refractivity contribution in [1.29, 1.82) is 0 Å². The van der Waals surface area contributed by atoms with Crippen LogP contribution in [0.1, 0.15) is 5.56 Å². The van der Waals surface area contributed by atoms with Crippen molar-refractivity contribution in [2.24, 2.45) is 0 Å². The van der Waals surface area contributed by atoms with E-state index in [9.17, 15) is 10.1 Å². The molecule has 0 radical (unpaired) electrons. The predicted molar refractivity (Wildman–Crippen MR) is 76.9 cm³/mol. The number of benzene rings is 1. The van der Waals surface area contributed by atoms with Gasteiger partial charge in [-0.3, -0.25) is 10.1 Å². The number of rotatable bonds is 4. The van der Waals surface area contributed by atoms with Gasteiger partial charge in [-0.25, -0.2) is 4.98 Å². The Balaban J connectivity index is 2.30. The quantitative estimate of drug-likeness (QED) is 0.528. The van der Waals surface area contributed by atoms with E-state index in [0.29, 0.717) is 5.82 Å². The zero-order valence-corrected chi connectivity index (χ0v) is 11.6. The molecule has 0 aliphatic heterocycles. The summed E-state index contributed by atoms with van der Waals surface area (Å²) in [6, 6.07) is 7.97. The van der Waals surface area contributed by atoms with Crippen LogP contribution in [0.5, 0.6) is 5.75 Å². The van der Waals surface area contributed by atoms with Gasteiger partial charge in [0.15, 0.2) is 0 Å². The van der Waals surface area contributed by atoms with Gasteiger partial charge in [-0.2, -0.15) is 0 Å². The van der Waals surface area contributed by atoms with Crippen molar-refractivity contribution in [3.63, 3.8) is 0 Å². The second-order valence-corrected chi connectivity index (χ2v) is 4.49. The largest absolute Gasteiger partial charge is 0.496 e. The fourth-order valence-electron chi connectivity index (χ4n) is 1.76. The molecular formula is C13H12ClN3O3. The van der Waals surface area contributed by atoms with Crippen LogP contribution in [-0.4, -0.2) is 17.0 Å². The lowest BCUT2D eigenvalue weighted by molar-refractivity contribution is -0.384. The van der Waals surface area contributed by atoms with E-state index in [1.165, 1.54) is 12.1 Å². The highest BCUT2D eigenvalue weighted by molar-refractivity contribution is 6.29. The molecule has 6 nitrogen and oxygen atoms in total. The van der Waals surface area contributed by atoms with Crippen LogP contribution in [0.2, 0.25) is 5.15 Å². The Morgan fingerprint density at radius 3 is 2.70 bits per heavy atom. The van der Waals surface area contributed by atoms with E-state index in [2.05, 4.69) is 10.3 Å². The second kappa shape index (κ2) is 5.75. The van der Waals surface area contributed by atoms with Crippen molar-refractivity contribution in [1.82, 2.24) is 4.98 Å². The average Bonchev–Trinajstić information content (AvgIpc) is 2.38. The number of methoxy groups -OCH3 is 1. The van der Waals surface area contributed by atoms with E-state index in [1.807, 2.05) is 13.0 Å². The number of nitrogens with one attached hydrogen (secondary N) is 1. The van der Waals surface area contributed by atoms with Crippen LogP contribution in [0.25, 0.3) is 0 Å². The Labute approximate surface area is 120 Å². The molecule has 104 valence electrons. The minimum absolute atomic E-state index is 0.0620. The van der Waals surface area contributed by atoms with Gasteiger partial charge in [0.05, 0.1) is 24.2 Å². The van der Waals surface area contributed by atoms with Crippen LogP contribution in [0.15, 0.2) is 30.3 Å². The van der Waals surface area contributed by atoms with E-state index in [-0.39, 0.29) is 10.8 Å². The first-order valence-electron chi connectivity index (χ1n) is 5.73. The third-order valence-electron chi connectivity index (χ3n) is 2.66. The van der Waals surface area contributed by atoms with Crippen LogP contribution >= 0.6 is 11.6 Å². The molecule has 1 aromatic heterocycles. The first kappa shape index (κ1) is 14.1. The van der Waals surface area contributed by atoms with Crippen molar-refractivity contribution in [2.45, 2.75) is 6.92 Å². The third kappa shape index (κ3) is 3.16. The topological polar surface area (TPSA) is 77.3 Å². The Hall–Kier alpha value is -2.34. The van der Waals surface area contributed by atoms with Crippen LogP contribution < -0.4 is 10.1 Å².